The van der Waals surface area contributed by atoms with E-state index in [-0.39, 0.29) is 17.3 Å². The van der Waals surface area contributed by atoms with Crippen LogP contribution in [0.15, 0.2) is 29.3 Å². The molecule has 1 aliphatic rings. The van der Waals surface area contributed by atoms with Gasteiger partial charge in [-0.3, -0.25) is 4.99 Å². The van der Waals surface area contributed by atoms with Crippen LogP contribution in [0.4, 0.5) is 4.39 Å². The number of hydrogen-bond donors (Lipinski definition) is 0. The van der Waals surface area contributed by atoms with Gasteiger partial charge in [0.25, 0.3) is 0 Å². The second-order valence-electron chi connectivity index (χ2n) is 3.94. The number of hydrogen-bond acceptors (Lipinski definition) is 1. The summed E-state index contributed by atoms with van der Waals surface area (Å²) in [4.78, 5) is 4.33. The average Bonchev–Trinajstić information content (AvgIpc) is 2.27. The van der Waals surface area contributed by atoms with Crippen LogP contribution in [0, 0.1) is 0 Å². The monoisotopic (exact) mass is 259 g/mol. The first kappa shape index (κ1) is 11.9. The zero-order chi connectivity index (χ0) is 11.8. The largest absolute Gasteiger partial charge is 0.278 e. The summed E-state index contributed by atoms with van der Waals surface area (Å²) in [5.74, 6) is 0.231. The third kappa shape index (κ3) is 1.74. The summed E-state index contributed by atoms with van der Waals surface area (Å²) >= 11 is 11.8. The normalized spacial score (nSPS) is 28.5. The minimum absolute atomic E-state index is 0.187. The van der Waals surface area contributed by atoms with E-state index in [1.807, 2.05) is 18.2 Å². The molecule has 2 unspecified atom stereocenters. The fourth-order valence-electron chi connectivity index (χ4n) is 1.95. The lowest BCUT2D eigenvalue weighted by atomic mass is 9.91. The summed E-state index contributed by atoms with van der Waals surface area (Å²) < 4.78 is 14.7. The molecule has 2 atom stereocenters. The Kier molecular flexibility index (Phi) is 3.22. The molecule has 1 aliphatic heterocycles. The Bertz CT molecular complexity index is 514. The van der Waals surface area contributed by atoms with Crippen molar-refractivity contribution in [2.75, 3.05) is 5.88 Å². The van der Waals surface area contributed by atoms with Gasteiger partial charge in [-0.25, -0.2) is 4.39 Å². The molecule has 1 aromatic rings. The molecule has 0 spiro atoms. The maximum atomic E-state index is 14.7. The Labute approximate surface area is 104 Å². The van der Waals surface area contributed by atoms with Crippen LogP contribution in [0.1, 0.15) is 13.3 Å². The highest BCUT2D eigenvalue weighted by Crippen LogP contribution is 2.35. The van der Waals surface area contributed by atoms with E-state index in [0.717, 1.165) is 5.36 Å². The first-order valence-electron chi connectivity index (χ1n) is 5.17. The highest BCUT2D eigenvalue weighted by molar-refractivity contribution is 6.46. The van der Waals surface area contributed by atoms with Crippen LogP contribution in [-0.4, -0.2) is 17.6 Å². The van der Waals surface area contributed by atoms with Crippen molar-refractivity contribution in [1.82, 2.24) is 0 Å². The molecule has 0 aliphatic carbocycles. The quantitative estimate of drug-likeness (QED) is 0.724. The van der Waals surface area contributed by atoms with Gasteiger partial charge in [0.15, 0.2) is 5.67 Å². The summed E-state index contributed by atoms with van der Waals surface area (Å²) in [6.45, 7) is 1.73. The standard InChI is InChI=1S/C12H12Cl2FN/c1-8-12(15,6-7-13)11(14)9-4-2-3-5-10(9)16-8/h2-5,8H,6-7H2,1H3. The van der Waals surface area contributed by atoms with Gasteiger partial charge < -0.3 is 0 Å². The van der Waals surface area contributed by atoms with E-state index in [1.54, 1.807) is 13.0 Å². The first-order valence-corrected chi connectivity index (χ1v) is 6.09. The molecule has 0 N–H and O–H groups in total. The molecule has 0 saturated heterocycles. The summed E-state index contributed by atoms with van der Waals surface area (Å²) in [5.41, 5.74) is -1.63. The van der Waals surface area contributed by atoms with Crippen molar-refractivity contribution in [2.45, 2.75) is 25.1 Å². The van der Waals surface area contributed by atoms with Gasteiger partial charge in [-0.2, -0.15) is 0 Å². The highest BCUT2D eigenvalue weighted by Gasteiger charge is 2.41. The molecule has 4 heteroatoms. The first-order chi connectivity index (χ1) is 7.59. The lowest BCUT2D eigenvalue weighted by Gasteiger charge is -2.30. The molecule has 86 valence electrons. The average molecular weight is 260 g/mol. The van der Waals surface area contributed by atoms with Gasteiger partial charge in [-0.15, -0.1) is 11.6 Å². The van der Waals surface area contributed by atoms with Crippen LogP contribution in [0.25, 0.3) is 5.03 Å². The summed E-state index contributed by atoms with van der Waals surface area (Å²) in [6, 6.07) is 6.83. The Morgan fingerprint density at radius 1 is 1.44 bits per heavy atom. The molecule has 1 heterocycles. The molecule has 1 aromatic carbocycles. The molecular formula is C12H12Cl2FN. The lowest BCUT2D eigenvalue weighted by Crippen LogP contribution is -2.46. The number of nitrogens with zero attached hydrogens (tertiary/aromatic N) is 1. The fourth-order valence-corrected chi connectivity index (χ4v) is 2.63. The van der Waals surface area contributed by atoms with E-state index >= 15 is 0 Å². The maximum Gasteiger partial charge on any atom is 0.170 e. The number of benzene rings is 1. The Morgan fingerprint density at radius 3 is 2.81 bits per heavy atom. The van der Waals surface area contributed by atoms with Crippen molar-refractivity contribution in [3.8, 4) is 0 Å². The topological polar surface area (TPSA) is 12.4 Å². The fraction of sp³-hybridized carbons (Fsp3) is 0.417. The van der Waals surface area contributed by atoms with Crippen LogP contribution in [0.5, 0.6) is 0 Å². The van der Waals surface area contributed by atoms with Crippen molar-refractivity contribution in [3.05, 3.63) is 34.8 Å². The van der Waals surface area contributed by atoms with Gasteiger partial charge >= 0.3 is 0 Å². The smallest absolute Gasteiger partial charge is 0.170 e. The van der Waals surface area contributed by atoms with Crippen molar-refractivity contribution >= 4 is 28.2 Å². The SMILES string of the molecule is CC1N=c2ccccc2=C(Cl)C1(F)CCCl. The van der Waals surface area contributed by atoms with Crippen molar-refractivity contribution < 1.29 is 4.39 Å². The predicted molar refractivity (Wildman–Crippen MR) is 65.1 cm³/mol. The van der Waals surface area contributed by atoms with Crippen LogP contribution in [-0.2, 0) is 0 Å². The number of para-hydroxylation sites is 1. The van der Waals surface area contributed by atoms with Gasteiger partial charge in [-0.1, -0.05) is 29.8 Å². The van der Waals surface area contributed by atoms with Crippen LogP contribution in [0.2, 0.25) is 0 Å². The van der Waals surface area contributed by atoms with E-state index in [0.29, 0.717) is 5.22 Å². The summed E-state index contributed by atoms with van der Waals surface area (Å²) in [6.07, 6.45) is 0.187. The zero-order valence-electron chi connectivity index (χ0n) is 8.88. The molecule has 2 rings (SSSR count). The highest BCUT2D eigenvalue weighted by atomic mass is 35.5. The van der Waals surface area contributed by atoms with Crippen LogP contribution < -0.4 is 10.6 Å². The zero-order valence-corrected chi connectivity index (χ0v) is 10.4. The van der Waals surface area contributed by atoms with E-state index in [4.69, 9.17) is 23.2 Å². The summed E-state index contributed by atoms with van der Waals surface area (Å²) in [7, 11) is 0. The van der Waals surface area contributed by atoms with Crippen molar-refractivity contribution in [1.29, 1.82) is 0 Å². The Balaban J connectivity index is 2.69. The van der Waals surface area contributed by atoms with E-state index in [1.165, 1.54) is 0 Å². The Morgan fingerprint density at radius 2 is 2.12 bits per heavy atom. The molecule has 0 fully saturated rings. The second kappa shape index (κ2) is 4.34. The minimum Gasteiger partial charge on any atom is -0.278 e. The molecule has 0 amide bonds. The van der Waals surface area contributed by atoms with Gasteiger partial charge in [0.1, 0.15) is 0 Å². The lowest BCUT2D eigenvalue weighted by molar-refractivity contribution is 0.200. The van der Waals surface area contributed by atoms with E-state index in [9.17, 15) is 4.39 Å². The molecule has 16 heavy (non-hydrogen) atoms. The Hall–Kier alpha value is -0.600. The van der Waals surface area contributed by atoms with Gasteiger partial charge in [0, 0.05) is 17.5 Å². The van der Waals surface area contributed by atoms with E-state index in [2.05, 4.69) is 4.99 Å². The van der Waals surface area contributed by atoms with Crippen LogP contribution in [0.3, 0.4) is 0 Å². The van der Waals surface area contributed by atoms with Crippen molar-refractivity contribution in [2.24, 2.45) is 4.99 Å². The molecule has 0 aromatic heterocycles. The third-order valence-corrected chi connectivity index (χ3v) is 3.67. The number of halogens is 3. The second-order valence-corrected chi connectivity index (χ2v) is 4.69. The third-order valence-electron chi connectivity index (χ3n) is 2.96. The predicted octanol–water partition coefficient (Wildman–Crippen LogP) is 2.39. The van der Waals surface area contributed by atoms with Gasteiger partial charge in [0.2, 0.25) is 0 Å². The number of alkyl halides is 2. The molecule has 0 bridgehead atoms. The minimum atomic E-state index is -1.63. The number of rotatable bonds is 2. The molecule has 0 saturated carbocycles. The number of fused-ring (bicyclic) bond motifs is 1. The van der Waals surface area contributed by atoms with Crippen LogP contribution >= 0.6 is 23.2 Å². The van der Waals surface area contributed by atoms with E-state index < -0.39 is 11.7 Å². The molecule has 1 nitrogen and oxygen atoms in total. The summed E-state index contributed by atoms with van der Waals surface area (Å²) in [5, 5.41) is 1.66. The van der Waals surface area contributed by atoms with Gasteiger partial charge in [-0.05, 0) is 13.0 Å². The molecule has 0 radical (unpaired) electrons. The molecular weight excluding hydrogens is 248 g/mol. The van der Waals surface area contributed by atoms with Crippen molar-refractivity contribution in [3.63, 3.8) is 0 Å². The maximum absolute atomic E-state index is 14.7. The van der Waals surface area contributed by atoms with Gasteiger partial charge in [0.05, 0.1) is 16.4 Å².